The molecule has 2 atom stereocenters. The second-order valence-corrected chi connectivity index (χ2v) is 7.00. The molecule has 1 amide bonds. The molecule has 3 rings (SSSR count). The fraction of sp³-hybridized carbons (Fsp3) is 0.500. The maximum Gasteiger partial charge on any atom is 0.267 e. The molecular formula is C18H23NO4S. The van der Waals surface area contributed by atoms with Gasteiger partial charge in [-0.2, -0.15) is 0 Å². The summed E-state index contributed by atoms with van der Waals surface area (Å²) in [7, 11) is 1.58. The molecule has 6 heteroatoms. The zero-order valence-corrected chi connectivity index (χ0v) is 14.6. The molecule has 2 aromatic rings. The van der Waals surface area contributed by atoms with Gasteiger partial charge >= 0.3 is 0 Å². The summed E-state index contributed by atoms with van der Waals surface area (Å²) >= 11 is 1.40. The Labute approximate surface area is 145 Å². The van der Waals surface area contributed by atoms with Crippen molar-refractivity contribution in [3.8, 4) is 5.75 Å². The number of hydrogen-bond donors (Lipinski definition) is 1. The van der Waals surface area contributed by atoms with E-state index < -0.39 is 6.10 Å². The Morgan fingerprint density at radius 1 is 1.46 bits per heavy atom. The Morgan fingerprint density at radius 2 is 2.33 bits per heavy atom. The normalized spacial score (nSPS) is 19.8. The van der Waals surface area contributed by atoms with E-state index in [1.165, 1.54) is 11.3 Å². The van der Waals surface area contributed by atoms with Crippen LogP contribution in [0.2, 0.25) is 0 Å². The second-order valence-electron chi connectivity index (χ2n) is 6.09. The molecule has 1 aliphatic heterocycles. The smallest absolute Gasteiger partial charge is 0.267 e. The number of rotatable bonds is 5. The Morgan fingerprint density at radius 3 is 3.08 bits per heavy atom. The van der Waals surface area contributed by atoms with E-state index in [1.807, 2.05) is 16.3 Å². The lowest BCUT2D eigenvalue weighted by Gasteiger charge is -2.31. The lowest BCUT2D eigenvalue weighted by Crippen LogP contribution is -2.40. The number of carbonyl (C=O) groups is 1. The zero-order valence-electron chi connectivity index (χ0n) is 13.8. The molecule has 0 saturated carbocycles. The molecular weight excluding hydrogens is 326 g/mol. The molecule has 130 valence electrons. The standard InChI is InChI=1S/C18H23NO4S/c1-22-16-8-11-24-17(16)18(21)19-9-4-2-3-6-13(19)12-14(20)15-7-5-10-23-15/h5,7-8,10-11,13-14,20H,2-4,6,9,12H2,1H3/t13-,14+/m1/s1. The highest BCUT2D eigenvalue weighted by molar-refractivity contribution is 7.12. The van der Waals surface area contributed by atoms with Gasteiger partial charge in [0.25, 0.3) is 5.91 Å². The minimum Gasteiger partial charge on any atom is -0.495 e. The van der Waals surface area contributed by atoms with E-state index in [0.29, 0.717) is 22.8 Å². The third-order valence-electron chi connectivity index (χ3n) is 4.55. The number of likely N-dealkylation sites (tertiary alicyclic amines) is 1. The van der Waals surface area contributed by atoms with Gasteiger partial charge in [-0.15, -0.1) is 11.3 Å². The van der Waals surface area contributed by atoms with Crippen LogP contribution >= 0.6 is 11.3 Å². The first-order chi connectivity index (χ1) is 11.7. The maximum absolute atomic E-state index is 13.0. The lowest BCUT2D eigenvalue weighted by atomic mass is 10.0. The van der Waals surface area contributed by atoms with Crippen molar-refractivity contribution >= 4 is 17.2 Å². The number of methoxy groups -OCH3 is 1. The molecule has 0 aliphatic carbocycles. The highest BCUT2D eigenvalue weighted by Crippen LogP contribution is 2.31. The third kappa shape index (κ3) is 3.65. The predicted molar refractivity (Wildman–Crippen MR) is 92.4 cm³/mol. The summed E-state index contributed by atoms with van der Waals surface area (Å²) in [6.07, 6.45) is 5.44. The van der Waals surface area contributed by atoms with E-state index in [1.54, 1.807) is 25.5 Å². The van der Waals surface area contributed by atoms with Gasteiger partial charge in [0.05, 0.1) is 13.4 Å². The summed E-state index contributed by atoms with van der Waals surface area (Å²) in [6, 6.07) is 5.37. The largest absolute Gasteiger partial charge is 0.495 e. The van der Waals surface area contributed by atoms with E-state index >= 15 is 0 Å². The van der Waals surface area contributed by atoms with Crippen LogP contribution in [0.15, 0.2) is 34.3 Å². The Kier molecular flexibility index (Phi) is 5.58. The van der Waals surface area contributed by atoms with E-state index in [-0.39, 0.29) is 11.9 Å². The highest BCUT2D eigenvalue weighted by Gasteiger charge is 2.31. The Balaban J connectivity index is 1.78. The molecule has 1 aliphatic rings. The van der Waals surface area contributed by atoms with Crippen molar-refractivity contribution in [3.05, 3.63) is 40.5 Å². The first-order valence-electron chi connectivity index (χ1n) is 8.34. The van der Waals surface area contributed by atoms with Crippen LogP contribution < -0.4 is 4.74 Å². The minimum absolute atomic E-state index is 0.000366. The Hall–Kier alpha value is -1.79. The molecule has 1 saturated heterocycles. The van der Waals surface area contributed by atoms with Crippen molar-refractivity contribution in [2.24, 2.45) is 0 Å². The van der Waals surface area contributed by atoms with Gasteiger partial charge in [0.2, 0.25) is 0 Å². The average Bonchev–Trinajstić information content (AvgIpc) is 3.23. The van der Waals surface area contributed by atoms with Gasteiger partial charge in [-0.1, -0.05) is 12.8 Å². The van der Waals surface area contributed by atoms with Crippen LogP contribution in [0, 0.1) is 0 Å². The number of furan rings is 1. The van der Waals surface area contributed by atoms with Crippen LogP contribution in [-0.2, 0) is 0 Å². The molecule has 0 radical (unpaired) electrons. The molecule has 3 heterocycles. The number of ether oxygens (including phenoxy) is 1. The third-order valence-corrected chi connectivity index (χ3v) is 5.43. The summed E-state index contributed by atoms with van der Waals surface area (Å²) < 4.78 is 10.6. The van der Waals surface area contributed by atoms with Crippen LogP contribution in [0.3, 0.4) is 0 Å². The second kappa shape index (κ2) is 7.85. The van der Waals surface area contributed by atoms with Crippen LogP contribution in [0.4, 0.5) is 0 Å². The zero-order chi connectivity index (χ0) is 16.9. The molecule has 1 fully saturated rings. The number of aliphatic hydroxyl groups excluding tert-OH is 1. The number of aliphatic hydroxyl groups is 1. The molecule has 0 aromatic carbocycles. The average molecular weight is 349 g/mol. The number of amides is 1. The van der Waals surface area contributed by atoms with Crippen LogP contribution in [-0.4, -0.2) is 35.6 Å². The van der Waals surface area contributed by atoms with Gasteiger partial charge in [-0.05, 0) is 36.4 Å². The van der Waals surface area contributed by atoms with E-state index in [0.717, 1.165) is 32.2 Å². The van der Waals surface area contributed by atoms with Crippen molar-refractivity contribution in [2.75, 3.05) is 13.7 Å². The van der Waals surface area contributed by atoms with Crippen molar-refractivity contribution in [1.82, 2.24) is 4.90 Å². The Bertz CT molecular complexity index is 652. The summed E-state index contributed by atoms with van der Waals surface area (Å²) in [4.78, 5) is 15.6. The van der Waals surface area contributed by atoms with Crippen molar-refractivity contribution < 1.29 is 19.1 Å². The van der Waals surface area contributed by atoms with E-state index in [4.69, 9.17) is 9.15 Å². The van der Waals surface area contributed by atoms with Gasteiger partial charge in [-0.25, -0.2) is 0 Å². The van der Waals surface area contributed by atoms with Crippen LogP contribution in [0.1, 0.15) is 53.6 Å². The number of hydrogen-bond acceptors (Lipinski definition) is 5. The van der Waals surface area contributed by atoms with Gasteiger partial charge in [-0.3, -0.25) is 4.79 Å². The fourth-order valence-corrected chi connectivity index (χ4v) is 4.10. The van der Waals surface area contributed by atoms with Gasteiger partial charge in [0.15, 0.2) is 0 Å². The van der Waals surface area contributed by atoms with Crippen molar-refractivity contribution in [3.63, 3.8) is 0 Å². The first kappa shape index (κ1) is 17.0. The number of carbonyl (C=O) groups excluding carboxylic acids is 1. The van der Waals surface area contributed by atoms with Gasteiger partial charge in [0.1, 0.15) is 22.5 Å². The van der Waals surface area contributed by atoms with Crippen molar-refractivity contribution in [2.45, 2.75) is 44.2 Å². The predicted octanol–water partition coefficient (Wildman–Crippen LogP) is 3.86. The number of nitrogens with zero attached hydrogens (tertiary/aromatic N) is 1. The van der Waals surface area contributed by atoms with Gasteiger partial charge in [0, 0.05) is 19.0 Å². The van der Waals surface area contributed by atoms with Crippen LogP contribution in [0.5, 0.6) is 5.75 Å². The molecule has 1 N–H and O–H groups in total. The molecule has 2 aromatic heterocycles. The minimum atomic E-state index is -0.691. The summed E-state index contributed by atoms with van der Waals surface area (Å²) in [6.45, 7) is 0.718. The molecule has 0 unspecified atom stereocenters. The molecule has 0 spiro atoms. The van der Waals surface area contributed by atoms with E-state index in [2.05, 4.69) is 0 Å². The topological polar surface area (TPSA) is 62.9 Å². The quantitative estimate of drug-likeness (QED) is 0.890. The molecule has 0 bridgehead atoms. The SMILES string of the molecule is COc1ccsc1C(=O)N1CCCCC[C@@H]1C[C@H](O)c1ccco1. The number of thiophene rings is 1. The fourth-order valence-electron chi connectivity index (χ4n) is 3.29. The lowest BCUT2D eigenvalue weighted by molar-refractivity contribution is 0.0559. The van der Waals surface area contributed by atoms with E-state index in [9.17, 15) is 9.90 Å². The summed E-state index contributed by atoms with van der Waals surface area (Å²) in [5.74, 6) is 1.18. The molecule has 24 heavy (non-hydrogen) atoms. The summed E-state index contributed by atoms with van der Waals surface area (Å²) in [5.41, 5.74) is 0. The van der Waals surface area contributed by atoms with Gasteiger partial charge < -0.3 is 19.2 Å². The van der Waals surface area contributed by atoms with Crippen molar-refractivity contribution in [1.29, 1.82) is 0 Å². The maximum atomic E-state index is 13.0. The summed E-state index contributed by atoms with van der Waals surface area (Å²) in [5, 5.41) is 12.3. The monoisotopic (exact) mass is 349 g/mol. The highest BCUT2D eigenvalue weighted by atomic mass is 32.1. The first-order valence-corrected chi connectivity index (χ1v) is 9.22. The van der Waals surface area contributed by atoms with Crippen LogP contribution in [0.25, 0.3) is 0 Å². The molecule has 5 nitrogen and oxygen atoms in total.